The van der Waals surface area contributed by atoms with E-state index in [0.717, 1.165) is 29.2 Å². The van der Waals surface area contributed by atoms with E-state index in [-0.39, 0.29) is 18.1 Å². The van der Waals surface area contributed by atoms with Crippen molar-refractivity contribution in [3.63, 3.8) is 0 Å². The van der Waals surface area contributed by atoms with Gasteiger partial charge in [0, 0.05) is 17.8 Å². The van der Waals surface area contributed by atoms with Crippen LogP contribution in [0, 0.1) is 0 Å². The fraction of sp³-hybridized carbons (Fsp3) is 0.533. The minimum Gasteiger partial charge on any atom is -0.335 e. The molecule has 4 nitrogen and oxygen atoms in total. The number of benzene rings is 1. The number of nitrogens with two attached hydrogens (primary N) is 1. The lowest BCUT2D eigenvalue weighted by Crippen LogP contribution is -2.36. The van der Waals surface area contributed by atoms with Crippen molar-refractivity contribution in [2.24, 2.45) is 5.73 Å². The Morgan fingerprint density at radius 1 is 1.30 bits per heavy atom. The van der Waals surface area contributed by atoms with Gasteiger partial charge in [0.05, 0.1) is 0 Å². The van der Waals surface area contributed by atoms with Gasteiger partial charge in [-0.25, -0.2) is 4.79 Å². The first-order valence-electron chi connectivity index (χ1n) is 7.03. The lowest BCUT2D eigenvalue weighted by Gasteiger charge is -2.14. The predicted molar refractivity (Wildman–Crippen MR) is 88.3 cm³/mol. The monoisotopic (exact) mass is 295 g/mol. The number of rotatable bonds is 7. The average molecular weight is 295 g/mol. The quantitative estimate of drug-likeness (QED) is 0.676. The topological polar surface area (TPSA) is 67.2 Å². The Kier molecular flexibility index (Phi) is 7.47. The third-order valence-corrected chi connectivity index (χ3v) is 3.90. The molecule has 4 N–H and O–H groups in total. The average Bonchev–Trinajstić information content (AvgIpc) is 2.39. The fourth-order valence-electron chi connectivity index (χ4n) is 1.74. The van der Waals surface area contributed by atoms with Crippen LogP contribution in [0.1, 0.15) is 38.8 Å². The van der Waals surface area contributed by atoms with Gasteiger partial charge in [0.25, 0.3) is 0 Å². The summed E-state index contributed by atoms with van der Waals surface area (Å²) in [5.41, 5.74) is 7.62. The molecule has 0 spiro atoms. The van der Waals surface area contributed by atoms with E-state index < -0.39 is 0 Å². The molecule has 0 heterocycles. The van der Waals surface area contributed by atoms with E-state index in [1.54, 1.807) is 0 Å². The first kappa shape index (κ1) is 16.9. The van der Waals surface area contributed by atoms with Crippen LogP contribution in [0.5, 0.6) is 0 Å². The molecule has 1 aromatic carbocycles. The maximum absolute atomic E-state index is 11.8. The first-order chi connectivity index (χ1) is 9.52. The zero-order valence-corrected chi connectivity index (χ0v) is 13.3. The molecule has 5 heteroatoms. The number of hydrogen-bond acceptors (Lipinski definition) is 3. The SMILES string of the molecule is CCSCCC(C)NC(=O)Nc1ccc(C(C)N)cc1. The highest BCUT2D eigenvalue weighted by Crippen LogP contribution is 2.14. The predicted octanol–water partition coefficient (Wildman–Crippen LogP) is 3.36. The molecule has 112 valence electrons. The number of anilines is 1. The van der Waals surface area contributed by atoms with Crippen molar-refractivity contribution in [3.05, 3.63) is 29.8 Å². The van der Waals surface area contributed by atoms with Crippen LogP contribution in [0.2, 0.25) is 0 Å². The van der Waals surface area contributed by atoms with Crippen LogP contribution in [0.25, 0.3) is 0 Å². The lowest BCUT2D eigenvalue weighted by molar-refractivity contribution is 0.249. The van der Waals surface area contributed by atoms with Gasteiger partial charge in [0.2, 0.25) is 0 Å². The van der Waals surface area contributed by atoms with Crippen LogP contribution < -0.4 is 16.4 Å². The first-order valence-corrected chi connectivity index (χ1v) is 8.19. The zero-order valence-electron chi connectivity index (χ0n) is 12.5. The molecule has 0 aliphatic heterocycles. The van der Waals surface area contributed by atoms with Crippen molar-refractivity contribution in [2.45, 2.75) is 39.3 Å². The Morgan fingerprint density at radius 3 is 2.50 bits per heavy atom. The van der Waals surface area contributed by atoms with Gasteiger partial charge in [-0.1, -0.05) is 19.1 Å². The molecule has 0 aliphatic carbocycles. The van der Waals surface area contributed by atoms with E-state index in [4.69, 9.17) is 5.73 Å². The van der Waals surface area contributed by atoms with Crippen LogP contribution in [0.4, 0.5) is 10.5 Å². The Hall–Kier alpha value is -1.20. The standard InChI is InChI=1S/C15H25N3OS/c1-4-20-10-9-11(2)17-15(19)18-14-7-5-13(6-8-14)12(3)16/h5-8,11-12H,4,9-10,16H2,1-3H3,(H2,17,18,19). The maximum Gasteiger partial charge on any atom is 0.319 e. The Labute approximate surface area is 125 Å². The molecule has 0 aromatic heterocycles. The number of nitrogens with one attached hydrogen (secondary N) is 2. The van der Waals surface area contributed by atoms with Crippen LogP contribution in [0.3, 0.4) is 0 Å². The van der Waals surface area contributed by atoms with Crippen molar-refractivity contribution in [3.8, 4) is 0 Å². The molecule has 2 atom stereocenters. The summed E-state index contributed by atoms with van der Waals surface area (Å²) in [6.45, 7) is 6.10. The summed E-state index contributed by atoms with van der Waals surface area (Å²) in [7, 11) is 0. The molecule has 0 bridgehead atoms. The van der Waals surface area contributed by atoms with Crippen molar-refractivity contribution in [2.75, 3.05) is 16.8 Å². The summed E-state index contributed by atoms with van der Waals surface area (Å²) in [6.07, 6.45) is 0.982. The fourth-order valence-corrected chi connectivity index (χ4v) is 2.55. The number of thioether (sulfide) groups is 1. The highest BCUT2D eigenvalue weighted by molar-refractivity contribution is 7.99. The van der Waals surface area contributed by atoms with E-state index >= 15 is 0 Å². The van der Waals surface area contributed by atoms with Crippen molar-refractivity contribution in [1.82, 2.24) is 5.32 Å². The molecule has 0 fully saturated rings. The highest BCUT2D eigenvalue weighted by atomic mass is 32.2. The van der Waals surface area contributed by atoms with Gasteiger partial charge >= 0.3 is 6.03 Å². The second kappa shape index (κ2) is 8.87. The van der Waals surface area contributed by atoms with Gasteiger partial charge < -0.3 is 16.4 Å². The van der Waals surface area contributed by atoms with E-state index in [2.05, 4.69) is 17.6 Å². The molecule has 1 aromatic rings. The molecule has 2 amide bonds. The molecular weight excluding hydrogens is 270 g/mol. The minimum absolute atomic E-state index is 0.00830. The van der Waals surface area contributed by atoms with Gasteiger partial charge in [-0.2, -0.15) is 11.8 Å². The molecule has 1 rings (SSSR count). The third-order valence-electron chi connectivity index (χ3n) is 2.97. The summed E-state index contributed by atoms with van der Waals surface area (Å²) >= 11 is 1.89. The summed E-state index contributed by atoms with van der Waals surface area (Å²) in [4.78, 5) is 11.8. The molecule has 0 radical (unpaired) electrons. The number of carbonyl (C=O) groups excluding carboxylic acids is 1. The molecular formula is C15H25N3OS. The summed E-state index contributed by atoms with van der Waals surface area (Å²) in [5, 5.41) is 5.77. The van der Waals surface area contributed by atoms with Crippen LogP contribution >= 0.6 is 11.8 Å². The van der Waals surface area contributed by atoms with E-state index in [1.807, 2.05) is 49.9 Å². The number of urea groups is 1. The van der Waals surface area contributed by atoms with Crippen molar-refractivity contribution < 1.29 is 4.79 Å². The smallest absolute Gasteiger partial charge is 0.319 e. The molecule has 0 saturated heterocycles. The Morgan fingerprint density at radius 2 is 1.95 bits per heavy atom. The van der Waals surface area contributed by atoms with Crippen LogP contribution in [0.15, 0.2) is 24.3 Å². The van der Waals surface area contributed by atoms with Gasteiger partial charge in [0.15, 0.2) is 0 Å². The maximum atomic E-state index is 11.8. The van der Waals surface area contributed by atoms with Crippen molar-refractivity contribution in [1.29, 1.82) is 0 Å². The molecule has 2 unspecified atom stereocenters. The zero-order chi connectivity index (χ0) is 15.0. The minimum atomic E-state index is -0.160. The third kappa shape index (κ3) is 6.30. The van der Waals surface area contributed by atoms with Gasteiger partial charge in [-0.15, -0.1) is 0 Å². The normalized spacial score (nSPS) is 13.6. The Balaban J connectivity index is 2.38. The van der Waals surface area contributed by atoms with Crippen molar-refractivity contribution >= 4 is 23.5 Å². The molecule has 20 heavy (non-hydrogen) atoms. The number of hydrogen-bond donors (Lipinski definition) is 3. The van der Waals surface area contributed by atoms with Gasteiger partial charge in [0.1, 0.15) is 0 Å². The second-order valence-corrected chi connectivity index (χ2v) is 6.29. The molecule has 0 saturated carbocycles. The summed E-state index contributed by atoms with van der Waals surface area (Å²) < 4.78 is 0. The highest BCUT2D eigenvalue weighted by Gasteiger charge is 2.07. The molecule has 0 aliphatic rings. The van der Waals surface area contributed by atoms with E-state index in [1.165, 1.54) is 0 Å². The summed E-state index contributed by atoms with van der Waals surface area (Å²) in [6, 6.07) is 7.63. The largest absolute Gasteiger partial charge is 0.335 e. The van der Waals surface area contributed by atoms with E-state index in [9.17, 15) is 4.79 Å². The van der Waals surface area contributed by atoms with Gasteiger partial charge in [-0.3, -0.25) is 0 Å². The lowest BCUT2D eigenvalue weighted by atomic mass is 10.1. The van der Waals surface area contributed by atoms with Gasteiger partial charge in [-0.05, 0) is 49.5 Å². The number of carbonyl (C=O) groups is 1. The second-order valence-electron chi connectivity index (χ2n) is 4.90. The van der Waals surface area contributed by atoms with Crippen LogP contribution in [-0.4, -0.2) is 23.6 Å². The van der Waals surface area contributed by atoms with E-state index in [0.29, 0.717) is 0 Å². The Bertz CT molecular complexity index is 406. The summed E-state index contributed by atoms with van der Waals surface area (Å²) in [5.74, 6) is 2.19. The number of amides is 2. The van der Waals surface area contributed by atoms with Crippen LogP contribution in [-0.2, 0) is 0 Å².